The first-order valence-corrected chi connectivity index (χ1v) is 5.80. The van der Waals surface area contributed by atoms with Gasteiger partial charge in [-0.15, -0.1) is 0 Å². The molecule has 0 aliphatic heterocycles. The van der Waals surface area contributed by atoms with Crippen LogP contribution in [0.15, 0.2) is 16.9 Å². The van der Waals surface area contributed by atoms with Gasteiger partial charge in [0.25, 0.3) is 0 Å². The number of ether oxygens (including phenoxy) is 2. The number of amides is 1. The van der Waals surface area contributed by atoms with E-state index in [1.165, 1.54) is 13.3 Å². The molecule has 1 aromatic heterocycles. The molecule has 0 saturated heterocycles. The first-order chi connectivity index (χ1) is 7.81. The smallest absolute Gasteiger partial charge is 0.412 e. The number of carbonyl (C=O) groups is 1. The van der Waals surface area contributed by atoms with Crippen molar-refractivity contribution in [1.82, 2.24) is 4.98 Å². The zero-order chi connectivity index (χ0) is 13.1. The maximum Gasteiger partial charge on any atom is 0.412 e. The normalized spacial score (nSPS) is 10.9. The molecular weight excluding hydrogens is 288 g/mol. The minimum atomic E-state index is -0.540. The third-order valence-corrected chi connectivity index (χ3v) is 2.12. The SMILES string of the molecule is COc1cnc(Br)cc1NC(=O)OC(C)(C)C. The van der Waals surface area contributed by atoms with Gasteiger partial charge in [0.1, 0.15) is 10.2 Å². The first-order valence-electron chi connectivity index (χ1n) is 5.01. The second kappa shape index (κ2) is 5.35. The summed E-state index contributed by atoms with van der Waals surface area (Å²) in [5.41, 5.74) is -0.0367. The van der Waals surface area contributed by atoms with E-state index in [-0.39, 0.29) is 0 Å². The molecule has 1 amide bonds. The average molecular weight is 303 g/mol. The van der Waals surface area contributed by atoms with Crippen molar-refractivity contribution in [1.29, 1.82) is 0 Å². The fourth-order valence-corrected chi connectivity index (χ4v) is 1.42. The van der Waals surface area contributed by atoms with Gasteiger partial charge < -0.3 is 9.47 Å². The number of halogens is 1. The van der Waals surface area contributed by atoms with Crippen LogP contribution in [0.3, 0.4) is 0 Å². The second-order valence-corrected chi connectivity index (χ2v) is 5.15. The van der Waals surface area contributed by atoms with Crippen LogP contribution in [0.25, 0.3) is 0 Å². The highest BCUT2D eigenvalue weighted by atomic mass is 79.9. The van der Waals surface area contributed by atoms with Crippen LogP contribution in [0.1, 0.15) is 20.8 Å². The molecule has 1 aromatic rings. The molecule has 0 spiro atoms. The number of nitrogens with zero attached hydrogens (tertiary/aromatic N) is 1. The molecule has 0 radical (unpaired) electrons. The molecule has 1 heterocycles. The van der Waals surface area contributed by atoms with Crippen molar-refractivity contribution in [3.8, 4) is 5.75 Å². The summed E-state index contributed by atoms with van der Waals surface area (Å²) in [6, 6.07) is 1.64. The maximum atomic E-state index is 11.6. The zero-order valence-electron chi connectivity index (χ0n) is 10.2. The predicted molar refractivity (Wildman–Crippen MR) is 68.3 cm³/mol. The Hall–Kier alpha value is -1.30. The van der Waals surface area contributed by atoms with E-state index >= 15 is 0 Å². The van der Waals surface area contributed by atoms with E-state index in [1.807, 2.05) is 0 Å². The molecule has 0 unspecified atom stereocenters. The van der Waals surface area contributed by atoms with Crippen LogP contribution in [0.4, 0.5) is 10.5 Å². The summed E-state index contributed by atoms with van der Waals surface area (Å²) < 4.78 is 10.8. The van der Waals surface area contributed by atoms with E-state index in [0.717, 1.165) is 0 Å². The van der Waals surface area contributed by atoms with Crippen molar-refractivity contribution >= 4 is 27.7 Å². The Balaban J connectivity index is 2.80. The molecule has 5 nitrogen and oxygen atoms in total. The quantitative estimate of drug-likeness (QED) is 0.852. The van der Waals surface area contributed by atoms with Gasteiger partial charge >= 0.3 is 6.09 Å². The van der Waals surface area contributed by atoms with E-state index in [0.29, 0.717) is 16.0 Å². The van der Waals surface area contributed by atoms with Crippen LogP contribution in [-0.2, 0) is 4.74 Å². The number of pyridine rings is 1. The maximum absolute atomic E-state index is 11.6. The molecule has 0 aromatic carbocycles. The first kappa shape index (κ1) is 13.8. The summed E-state index contributed by atoms with van der Waals surface area (Å²) in [5.74, 6) is 0.471. The van der Waals surface area contributed by atoms with E-state index in [1.54, 1.807) is 26.8 Å². The van der Waals surface area contributed by atoms with E-state index in [9.17, 15) is 4.79 Å². The van der Waals surface area contributed by atoms with Crippen molar-refractivity contribution in [2.24, 2.45) is 0 Å². The number of carbonyl (C=O) groups excluding carboxylic acids is 1. The zero-order valence-corrected chi connectivity index (χ0v) is 11.8. The lowest BCUT2D eigenvalue weighted by molar-refractivity contribution is 0.0635. The van der Waals surface area contributed by atoms with Gasteiger partial charge in [0.05, 0.1) is 19.0 Å². The molecule has 0 fully saturated rings. The topological polar surface area (TPSA) is 60.5 Å². The fourth-order valence-electron chi connectivity index (χ4n) is 1.09. The lowest BCUT2D eigenvalue weighted by Crippen LogP contribution is -2.27. The fraction of sp³-hybridized carbons (Fsp3) is 0.455. The molecule has 0 bridgehead atoms. The van der Waals surface area contributed by atoms with Gasteiger partial charge in [-0.2, -0.15) is 0 Å². The lowest BCUT2D eigenvalue weighted by Gasteiger charge is -2.20. The highest BCUT2D eigenvalue weighted by Crippen LogP contribution is 2.26. The van der Waals surface area contributed by atoms with Crippen LogP contribution < -0.4 is 10.1 Å². The van der Waals surface area contributed by atoms with Crippen LogP contribution in [0, 0.1) is 0 Å². The molecule has 17 heavy (non-hydrogen) atoms. The second-order valence-electron chi connectivity index (χ2n) is 4.33. The van der Waals surface area contributed by atoms with Crippen molar-refractivity contribution in [2.45, 2.75) is 26.4 Å². The molecule has 1 N–H and O–H groups in total. The number of nitrogens with one attached hydrogen (secondary N) is 1. The van der Waals surface area contributed by atoms with Crippen LogP contribution >= 0.6 is 15.9 Å². The van der Waals surface area contributed by atoms with Crippen LogP contribution in [-0.4, -0.2) is 23.8 Å². The third-order valence-electron chi connectivity index (χ3n) is 1.69. The van der Waals surface area contributed by atoms with E-state index in [2.05, 4.69) is 26.2 Å². The minimum Gasteiger partial charge on any atom is -0.493 e. The summed E-state index contributed by atoms with van der Waals surface area (Å²) >= 11 is 3.22. The van der Waals surface area contributed by atoms with Gasteiger partial charge in [0.15, 0.2) is 5.75 Å². The number of methoxy groups -OCH3 is 1. The largest absolute Gasteiger partial charge is 0.493 e. The van der Waals surface area contributed by atoms with Gasteiger partial charge in [-0.3, -0.25) is 5.32 Å². The molecule has 0 saturated carbocycles. The molecule has 1 rings (SSSR count). The highest BCUT2D eigenvalue weighted by Gasteiger charge is 2.17. The Kier molecular flexibility index (Phi) is 4.34. The van der Waals surface area contributed by atoms with E-state index in [4.69, 9.17) is 9.47 Å². The average Bonchev–Trinajstić information content (AvgIpc) is 2.14. The predicted octanol–water partition coefficient (Wildman–Crippen LogP) is 3.20. The monoisotopic (exact) mass is 302 g/mol. The number of hydrogen-bond donors (Lipinski definition) is 1. The summed E-state index contributed by atoms with van der Waals surface area (Å²) in [6.07, 6.45) is 0.977. The molecule has 0 atom stereocenters. The van der Waals surface area contributed by atoms with Crippen molar-refractivity contribution in [2.75, 3.05) is 12.4 Å². The number of hydrogen-bond acceptors (Lipinski definition) is 4. The standard InChI is InChI=1S/C11H15BrN2O3/c1-11(2,3)17-10(15)14-7-5-9(12)13-6-8(7)16-4/h5-6H,1-4H3,(H,13,14,15). The van der Waals surface area contributed by atoms with Crippen molar-refractivity contribution in [3.05, 3.63) is 16.9 Å². The summed E-state index contributed by atoms with van der Waals surface area (Å²) in [4.78, 5) is 15.6. The van der Waals surface area contributed by atoms with Gasteiger partial charge in [-0.25, -0.2) is 9.78 Å². The summed E-state index contributed by atoms with van der Waals surface area (Å²) in [7, 11) is 1.51. The molecule has 6 heteroatoms. The Morgan fingerprint density at radius 3 is 2.65 bits per heavy atom. The van der Waals surface area contributed by atoms with Crippen molar-refractivity contribution in [3.63, 3.8) is 0 Å². The Morgan fingerprint density at radius 1 is 1.47 bits per heavy atom. The van der Waals surface area contributed by atoms with Crippen molar-refractivity contribution < 1.29 is 14.3 Å². The van der Waals surface area contributed by atoms with Gasteiger partial charge in [-0.05, 0) is 42.8 Å². The number of aromatic nitrogens is 1. The molecule has 0 aliphatic rings. The third kappa shape index (κ3) is 4.60. The summed E-state index contributed by atoms with van der Waals surface area (Å²) in [5, 5.41) is 2.60. The molecule has 94 valence electrons. The number of anilines is 1. The Morgan fingerprint density at radius 2 is 2.12 bits per heavy atom. The van der Waals surface area contributed by atoms with E-state index < -0.39 is 11.7 Å². The van der Waals surface area contributed by atoms with Gasteiger partial charge in [0.2, 0.25) is 0 Å². The van der Waals surface area contributed by atoms with Gasteiger partial charge in [-0.1, -0.05) is 0 Å². The Labute approximate surface area is 109 Å². The molecular formula is C11H15BrN2O3. The number of rotatable bonds is 2. The minimum absolute atomic E-state index is 0.471. The Bertz CT molecular complexity index is 416. The lowest BCUT2D eigenvalue weighted by atomic mass is 10.2. The van der Waals surface area contributed by atoms with Crippen LogP contribution in [0.5, 0.6) is 5.75 Å². The van der Waals surface area contributed by atoms with Crippen LogP contribution in [0.2, 0.25) is 0 Å². The highest BCUT2D eigenvalue weighted by molar-refractivity contribution is 9.10. The summed E-state index contributed by atoms with van der Waals surface area (Å²) in [6.45, 7) is 5.39. The molecule has 0 aliphatic carbocycles. The van der Waals surface area contributed by atoms with Gasteiger partial charge in [0, 0.05) is 0 Å².